The molecule has 0 heterocycles. The third-order valence-corrected chi connectivity index (χ3v) is 5.65. The molecule has 0 aliphatic rings. The number of rotatable bonds is 13. The fourth-order valence-corrected chi connectivity index (χ4v) is 3.68. The fourth-order valence-electron chi connectivity index (χ4n) is 3.68. The van der Waals surface area contributed by atoms with Crippen LogP contribution in [0.4, 0.5) is 4.79 Å². The van der Waals surface area contributed by atoms with Gasteiger partial charge in [0.05, 0.1) is 17.6 Å². The molecule has 6 nitrogen and oxygen atoms in total. The van der Waals surface area contributed by atoms with Crippen molar-refractivity contribution in [1.29, 1.82) is 0 Å². The summed E-state index contributed by atoms with van der Waals surface area (Å²) in [5, 5.41) is 4.91. The number of para-hydroxylation sites is 2. The smallest absolute Gasteiger partial charge is 0.407 e. The Morgan fingerprint density at radius 2 is 1.26 bits per heavy atom. The Kier molecular flexibility index (Phi) is 6.85. The number of amides is 1. The van der Waals surface area contributed by atoms with Gasteiger partial charge in [-0.25, -0.2) is 4.79 Å². The summed E-state index contributed by atoms with van der Waals surface area (Å²) >= 11 is 0. The van der Waals surface area contributed by atoms with Gasteiger partial charge in [0.25, 0.3) is 0 Å². The first-order chi connectivity index (χ1) is 27.4. The van der Waals surface area contributed by atoms with Gasteiger partial charge in [0, 0.05) is 31.7 Å². The zero-order valence-corrected chi connectivity index (χ0v) is 23.1. The topological polar surface area (TPSA) is 68.8 Å². The molecule has 1 amide bonds. The molecule has 2 atom stereocenters. The van der Waals surface area contributed by atoms with E-state index in [1.165, 1.54) is 0 Å². The van der Waals surface area contributed by atoms with Crippen LogP contribution in [0.1, 0.15) is 77.5 Å². The Morgan fingerprint density at radius 3 is 1.74 bits per heavy atom. The molecule has 42 heavy (non-hydrogen) atoms. The summed E-state index contributed by atoms with van der Waals surface area (Å²) in [5.41, 5.74) is 0.0943. The largest absolute Gasteiger partial charge is 0.485 e. The van der Waals surface area contributed by atoms with Gasteiger partial charge < -0.3 is 24.8 Å². The molecule has 2 N–H and O–H groups in total. The van der Waals surface area contributed by atoms with Gasteiger partial charge in [-0.3, -0.25) is 0 Å². The molecule has 0 spiro atoms. The summed E-state index contributed by atoms with van der Waals surface area (Å²) in [5.74, 6) is -0.885. The van der Waals surface area contributed by atoms with Gasteiger partial charge in [0.1, 0.15) is 23.7 Å². The monoisotopic (exact) mass is 585 g/mol. The maximum Gasteiger partial charge on any atom is 0.407 e. The first kappa shape index (κ1) is 15.8. The predicted octanol–water partition coefficient (Wildman–Crippen LogP) is 7.98. The quantitative estimate of drug-likeness (QED) is 0.167. The standard InChI is InChI=1S/C19H23NO3.C17H21NO/c1-3-22-19(21)20-14-13-18(16-10-5-4-6-11-16)23-17-12-8-7-9-15(17)2;1-14-8-6-7-11-16(14)19-17(12-13-18-2)15-9-4-3-5-10-15/h4-12,18H,3,13-14H2,1-2H3,(H,20,21);3-11,17-18H,12-13H2,1-2H3/i2D3,7D,8D,9D,12D;1D3,2D3,6D,7D,8D,11D. The maximum absolute atomic E-state index is 11.5. The molecule has 222 valence electrons. The van der Waals surface area contributed by atoms with Gasteiger partial charge in [-0.05, 0) is 68.5 Å². The molecule has 0 bridgehead atoms. The summed E-state index contributed by atoms with van der Waals surface area (Å²) in [6, 6.07) is 12.4. The molecular weight excluding hydrogens is 524 g/mol. The minimum atomic E-state index is -2.83. The van der Waals surface area contributed by atoms with E-state index >= 15 is 0 Å². The summed E-state index contributed by atoms with van der Waals surface area (Å²) < 4.78 is 148. The molecule has 0 aromatic heterocycles. The fraction of sp³-hybridized carbons (Fsp3) is 0.306. The second-order valence-electron chi connectivity index (χ2n) is 8.59. The molecular formula is C36H44N2O4. The Balaban J connectivity index is 0.000000316. The van der Waals surface area contributed by atoms with Crippen LogP contribution in [-0.4, -0.2) is 32.8 Å². The molecule has 2 unspecified atom stereocenters. The van der Waals surface area contributed by atoms with Gasteiger partial charge >= 0.3 is 6.09 Å². The lowest BCUT2D eigenvalue weighted by Crippen LogP contribution is -2.27. The van der Waals surface area contributed by atoms with Crippen LogP contribution >= 0.6 is 0 Å². The van der Waals surface area contributed by atoms with E-state index in [9.17, 15) is 4.79 Å². The van der Waals surface area contributed by atoms with Crippen LogP contribution in [0.25, 0.3) is 0 Å². The summed E-state index contributed by atoms with van der Waals surface area (Å²) in [7, 11) is 0. The van der Waals surface area contributed by atoms with Crippen molar-refractivity contribution in [3.8, 4) is 11.5 Å². The average Bonchev–Trinajstić information content (AvgIpc) is 3.15. The molecule has 4 aromatic carbocycles. The third kappa shape index (κ3) is 10.9. The van der Waals surface area contributed by atoms with Crippen LogP contribution < -0.4 is 20.1 Å². The lowest BCUT2D eigenvalue weighted by atomic mass is 10.1. The number of benzene rings is 4. The number of hydrogen-bond donors (Lipinski definition) is 2. The van der Waals surface area contributed by atoms with Crippen LogP contribution in [0.2, 0.25) is 0 Å². The Labute approximate surface area is 274 Å². The Hall–Kier alpha value is -4.29. The van der Waals surface area contributed by atoms with Crippen molar-refractivity contribution < 1.29 is 42.3 Å². The van der Waals surface area contributed by atoms with Crippen molar-refractivity contribution >= 4 is 6.09 Å². The maximum atomic E-state index is 11.5. The van der Waals surface area contributed by atoms with E-state index in [1.54, 1.807) is 67.6 Å². The highest BCUT2D eigenvalue weighted by molar-refractivity contribution is 5.66. The zero-order chi connectivity index (χ0) is 44.5. The molecule has 0 saturated carbocycles. The van der Waals surface area contributed by atoms with E-state index in [-0.39, 0.29) is 32.5 Å². The lowest BCUT2D eigenvalue weighted by molar-refractivity contribution is 0.147. The van der Waals surface area contributed by atoms with E-state index in [0.717, 1.165) is 0 Å². The van der Waals surface area contributed by atoms with Crippen molar-refractivity contribution in [1.82, 2.24) is 10.6 Å². The van der Waals surface area contributed by atoms with Gasteiger partial charge in [-0.1, -0.05) is 96.9 Å². The number of hydrogen-bond acceptors (Lipinski definition) is 5. The van der Waals surface area contributed by atoms with Gasteiger partial charge in [-0.15, -0.1) is 0 Å². The van der Waals surface area contributed by atoms with Crippen LogP contribution in [0.15, 0.2) is 109 Å². The highest BCUT2D eigenvalue weighted by atomic mass is 16.5. The number of alkyl carbamates (subject to hydrolysis) is 1. The minimum Gasteiger partial charge on any atom is -0.485 e. The van der Waals surface area contributed by atoms with E-state index < -0.39 is 110 Å². The number of ether oxygens (including phenoxy) is 3. The molecule has 0 saturated heterocycles. The lowest BCUT2D eigenvalue weighted by Gasteiger charge is -2.21. The van der Waals surface area contributed by atoms with Crippen molar-refractivity contribution in [3.63, 3.8) is 0 Å². The average molecular weight is 586 g/mol. The van der Waals surface area contributed by atoms with Crippen molar-refractivity contribution in [2.24, 2.45) is 0 Å². The molecule has 0 radical (unpaired) electrons. The van der Waals surface area contributed by atoms with Gasteiger partial charge in [-0.2, -0.15) is 0 Å². The predicted molar refractivity (Wildman–Crippen MR) is 170 cm³/mol. The summed E-state index contributed by atoms with van der Waals surface area (Å²) in [6.45, 7) is -5.94. The second kappa shape index (κ2) is 18.2. The SMILES string of the molecule is [2H]c1c([2H])c([2H])c(C([2H])([2H])[2H])c(OC(CCNC(=O)OCC)c2ccccc2)c1[2H].[2H]c1c([2H])c([2H])c(C([2H])([2H])[2H])c(OC(CCNC([2H])([2H])[2H])c2ccccc2)c1[2H]. The molecule has 0 aliphatic heterocycles. The highest BCUT2D eigenvalue weighted by Crippen LogP contribution is 2.28. The van der Waals surface area contributed by atoms with Crippen LogP contribution in [0.5, 0.6) is 11.5 Å². The van der Waals surface area contributed by atoms with Crippen LogP contribution in [0, 0.1) is 13.7 Å². The van der Waals surface area contributed by atoms with Crippen molar-refractivity contribution in [2.45, 2.75) is 45.7 Å². The van der Waals surface area contributed by atoms with E-state index in [4.69, 9.17) is 37.5 Å². The van der Waals surface area contributed by atoms with Gasteiger partial charge in [0.2, 0.25) is 0 Å². The van der Waals surface area contributed by atoms with Crippen molar-refractivity contribution in [3.05, 3.63) is 131 Å². The second-order valence-corrected chi connectivity index (χ2v) is 8.59. The number of nitrogens with one attached hydrogen (secondary N) is 2. The van der Waals surface area contributed by atoms with Crippen molar-refractivity contribution in [2.75, 3.05) is 26.7 Å². The zero-order valence-electron chi connectivity index (χ0n) is 40.1. The van der Waals surface area contributed by atoms with Gasteiger partial charge in [0.15, 0.2) is 0 Å². The number of carbonyl (C=O) groups is 1. The van der Waals surface area contributed by atoms with Crippen LogP contribution in [0.3, 0.4) is 0 Å². The first-order valence-corrected chi connectivity index (χ1v) is 13.2. The minimum absolute atomic E-state index is 0.0183. The van der Waals surface area contributed by atoms with Crippen LogP contribution in [-0.2, 0) is 4.74 Å². The van der Waals surface area contributed by atoms with E-state index in [1.807, 2.05) is 0 Å². The first-order valence-electron chi connectivity index (χ1n) is 21.7. The molecule has 0 fully saturated rings. The summed E-state index contributed by atoms with van der Waals surface area (Å²) in [6.07, 6.45) is -1.85. The van der Waals surface area contributed by atoms with E-state index in [2.05, 4.69) is 10.6 Å². The number of carbonyl (C=O) groups excluding carboxylic acids is 1. The molecule has 0 aliphatic carbocycles. The third-order valence-electron chi connectivity index (χ3n) is 5.65. The normalized spacial score (nSPS) is 18.5. The molecule has 6 heteroatoms. The molecule has 4 rings (SSSR count). The molecule has 4 aromatic rings. The van der Waals surface area contributed by atoms with E-state index in [0.29, 0.717) is 11.1 Å². The summed E-state index contributed by atoms with van der Waals surface area (Å²) in [4.78, 5) is 11.5. The highest BCUT2D eigenvalue weighted by Gasteiger charge is 2.15. The Bertz CT molecular complexity index is 2030. The Morgan fingerprint density at radius 1 is 0.762 bits per heavy atom.